The van der Waals surface area contributed by atoms with Gasteiger partial charge in [-0.3, -0.25) is 9.59 Å². The molecule has 29 heavy (non-hydrogen) atoms. The molecular weight excluding hydrogens is 384 g/mol. The minimum atomic E-state index is -1.77. The molecule has 4 bridgehead atoms. The Balaban J connectivity index is 1.66. The Kier molecular flexibility index (Phi) is 3.93. The summed E-state index contributed by atoms with van der Waals surface area (Å²) >= 11 is 0. The zero-order valence-corrected chi connectivity index (χ0v) is 19.4. The zero-order chi connectivity index (χ0) is 21.0. The number of methoxy groups -OCH3 is 1. The normalized spacial score (nSPS) is 50.2. The lowest BCUT2D eigenvalue weighted by molar-refractivity contribution is -0.161. The van der Waals surface area contributed by atoms with E-state index in [1.165, 1.54) is 12.7 Å². The lowest BCUT2D eigenvalue weighted by atomic mass is 9.59. The highest BCUT2D eigenvalue weighted by molar-refractivity contribution is 6.69. The van der Waals surface area contributed by atoms with Gasteiger partial charge < -0.3 is 13.9 Å². The third-order valence-corrected chi connectivity index (χ3v) is 9.98. The first-order valence-electron chi connectivity index (χ1n) is 11.1. The highest BCUT2D eigenvalue weighted by Gasteiger charge is 2.82. The highest BCUT2D eigenvalue weighted by Crippen LogP contribution is 2.78. The number of hydrogen-bond donors (Lipinski definition) is 0. The Bertz CT molecular complexity index is 802. The average Bonchev–Trinajstić information content (AvgIpc) is 3.05. The summed E-state index contributed by atoms with van der Waals surface area (Å²) in [5, 5.41) is 0. The third-order valence-electron chi connectivity index (χ3n) is 8.94. The molecule has 1 spiro atoms. The van der Waals surface area contributed by atoms with Crippen LogP contribution in [0, 0.1) is 34.5 Å². The van der Waals surface area contributed by atoms with Crippen LogP contribution in [0.5, 0.6) is 0 Å². The fourth-order valence-electron chi connectivity index (χ4n) is 8.45. The molecule has 6 heteroatoms. The van der Waals surface area contributed by atoms with Crippen molar-refractivity contribution in [1.29, 1.82) is 0 Å². The maximum atomic E-state index is 13.3. The summed E-state index contributed by atoms with van der Waals surface area (Å²) in [7, 11) is -0.288. The molecule has 5 fully saturated rings. The summed E-state index contributed by atoms with van der Waals surface area (Å²) in [6, 6.07) is 0. The van der Waals surface area contributed by atoms with Crippen LogP contribution in [0.3, 0.4) is 0 Å². The molecule has 0 aromatic heterocycles. The van der Waals surface area contributed by atoms with E-state index in [4.69, 9.17) is 13.9 Å². The first kappa shape index (κ1) is 19.8. The van der Waals surface area contributed by atoms with E-state index in [0.29, 0.717) is 12.3 Å². The van der Waals surface area contributed by atoms with Crippen molar-refractivity contribution in [3.8, 4) is 0 Å². The molecule has 5 nitrogen and oxygen atoms in total. The van der Waals surface area contributed by atoms with Gasteiger partial charge in [0.15, 0.2) is 8.32 Å². The van der Waals surface area contributed by atoms with E-state index in [2.05, 4.69) is 26.2 Å². The van der Waals surface area contributed by atoms with Crippen molar-refractivity contribution in [2.75, 3.05) is 7.11 Å². The van der Waals surface area contributed by atoms with Gasteiger partial charge in [0.2, 0.25) is 0 Å². The zero-order valence-electron chi connectivity index (χ0n) is 18.4. The van der Waals surface area contributed by atoms with Crippen molar-refractivity contribution in [2.45, 2.75) is 76.8 Å². The van der Waals surface area contributed by atoms with E-state index in [9.17, 15) is 9.59 Å². The molecule has 1 saturated heterocycles. The SMILES string of the molecule is C=C1C[C@]23CC1CC[C@H]2[C@@]12C[C@H](O[Si](C)(C)C)CC(C)(C(=O)O1)[C@H]2[C@@H]3C(=O)OC. The molecule has 4 aliphatic carbocycles. The van der Waals surface area contributed by atoms with Crippen LogP contribution >= 0.6 is 0 Å². The number of ether oxygens (including phenoxy) is 2. The molecular formula is C23H34O5Si. The van der Waals surface area contributed by atoms with Crippen molar-refractivity contribution in [3.05, 3.63) is 12.2 Å². The van der Waals surface area contributed by atoms with Gasteiger partial charge in [0.25, 0.3) is 0 Å². The molecule has 0 aromatic rings. The quantitative estimate of drug-likeness (QED) is 0.393. The van der Waals surface area contributed by atoms with Crippen LogP contribution in [0.2, 0.25) is 19.6 Å². The van der Waals surface area contributed by atoms with E-state index in [1.807, 2.05) is 6.92 Å². The van der Waals surface area contributed by atoms with E-state index in [1.54, 1.807) is 0 Å². The van der Waals surface area contributed by atoms with E-state index >= 15 is 0 Å². The fourth-order valence-corrected chi connectivity index (χ4v) is 9.61. The molecule has 0 N–H and O–H groups in total. The first-order valence-corrected chi connectivity index (χ1v) is 14.5. The maximum Gasteiger partial charge on any atom is 0.312 e. The Morgan fingerprint density at radius 3 is 2.59 bits per heavy atom. The second kappa shape index (κ2) is 5.76. The molecule has 1 heterocycles. The molecule has 8 atom stereocenters. The van der Waals surface area contributed by atoms with Gasteiger partial charge in [-0.15, -0.1) is 0 Å². The Labute approximate surface area is 174 Å². The maximum absolute atomic E-state index is 13.3. The molecule has 0 aromatic carbocycles. The molecule has 1 aliphatic heterocycles. The van der Waals surface area contributed by atoms with Crippen LogP contribution in [0.1, 0.15) is 45.4 Å². The van der Waals surface area contributed by atoms with Gasteiger partial charge in [-0.2, -0.15) is 0 Å². The summed E-state index contributed by atoms with van der Waals surface area (Å²) in [6.45, 7) is 13.0. The smallest absolute Gasteiger partial charge is 0.312 e. The predicted octanol–water partition coefficient (Wildman–Crippen LogP) is 4.08. The van der Waals surface area contributed by atoms with Gasteiger partial charge in [-0.05, 0) is 70.0 Å². The van der Waals surface area contributed by atoms with Gasteiger partial charge in [-0.25, -0.2) is 0 Å². The van der Waals surface area contributed by atoms with Crippen molar-refractivity contribution in [2.24, 2.45) is 34.5 Å². The Morgan fingerprint density at radius 1 is 1.21 bits per heavy atom. The Morgan fingerprint density at radius 2 is 1.93 bits per heavy atom. The van der Waals surface area contributed by atoms with Gasteiger partial charge in [0, 0.05) is 24.4 Å². The molecule has 5 aliphatic rings. The number of fused-ring (bicyclic) bond motifs is 1. The summed E-state index contributed by atoms with van der Waals surface area (Å²) in [4.78, 5) is 26.5. The van der Waals surface area contributed by atoms with Crippen LogP contribution in [-0.4, -0.2) is 39.1 Å². The van der Waals surface area contributed by atoms with Crippen molar-refractivity contribution in [1.82, 2.24) is 0 Å². The standard InChI is InChI=1S/C23H34O5Si/c1-13-9-22-10-14(13)7-8-16(22)23-12-15(28-29(4,5)6)11-21(2,20(25)27-23)18(23)17(22)19(24)26-3/h14-18H,1,7-12H2,2-6H3/t14?,15-,16-,17-,18-,21?,22+,23-/m1/s1. The van der Waals surface area contributed by atoms with Gasteiger partial charge in [0.05, 0.1) is 18.4 Å². The second-order valence-corrected chi connectivity index (χ2v) is 16.1. The molecule has 0 radical (unpaired) electrons. The van der Waals surface area contributed by atoms with Crippen LogP contribution in [-0.2, 0) is 23.5 Å². The second-order valence-electron chi connectivity index (χ2n) is 11.6. The van der Waals surface area contributed by atoms with Crippen LogP contribution in [0.4, 0.5) is 0 Å². The molecule has 0 amide bonds. The number of carbonyl (C=O) groups excluding carboxylic acids is 2. The summed E-state index contributed by atoms with van der Waals surface area (Å²) in [6.07, 6.45) is 5.32. The number of rotatable bonds is 3. The molecule has 160 valence electrons. The van der Waals surface area contributed by atoms with E-state index in [-0.39, 0.29) is 41.2 Å². The Hall–Kier alpha value is -1.14. The fraction of sp³-hybridized carbons (Fsp3) is 0.826. The average molecular weight is 419 g/mol. The third kappa shape index (κ3) is 2.36. The molecule has 2 unspecified atom stereocenters. The van der Waals surface area contributed by atoms with Gasteiger partial charge >= 0.3 is 11.9 Å². The van der Waals surface area contributed by atoms with Crippen LogP contribution in [0.25, 0.3) is 0 Å². The highest BCUT2D eigenvalue weighted by atomic mass is 28.4. The minimum absolute atomic E-state index is 0.0186. The topological polar surface area (TPSA) is 61.8 Å². The number of allylic oxidation sites excluding steroid dienone is 1. The summed E-state index contributed by atoms with van der Waals surface area (Å²) in [5.74, 6) is -0.0162. The largest absolute Gasteiger partial charge is 0.469 e. The monoisotopic (exact) mass is 418 g/mol. The first-order chi connectivity index (χ1) is 13.5. The van der Waals surface area contributed by atoms with Crippen molar-refractivity contribution < 1.29 is 23.5 Å². The van der Waals surface area contributed by atoms with Gasteiger partial charge in [0.1, 0.15) is 5.60 Å². The lowest BCUT2D eigenvalue weighted by Crippen LogP contribution is -2.53. The van der Waals surface area contributed by atoms with Gasteiger partial charge in [-0.1, -0.05) is 12.2 Å². The van der Waals surface area contributed by atoms with Crippen LogP contribution in [0.15, 0.2) is 12.2 Å². The number of carbonyl (C=O) groups is 2. The van der Waals surface area contributed by atoms with Crippen molar-refractivity contribution >= 4 is 20.3 Å². The summed E-state index contributed by atoms with van der Waals surface area (Å²) in [5.41, 5.74) is -0.178. The number of esters is 2. The molecule has 5 rings (SSSR count). The summed E-state index contributed by atoms with van der Waals surface area (Å²) < 4.78 is 18.3. The molecule has 4 saturated carbocycles. The minimum Gasteiger partial charge on any atom is -0.469 e. The van der Waals surface area contributed by atoms with Crippen molar-refractivity contribution in [3.63, 3.8) is 0 Å². The predicted molar refractivity (Wildman–Crippen MR) is 110 cm³/mol. The lowest BCUT2D eigenvalue weighted by Gasteiger charge is -2.46. The van der Waals surface area contributed by atoms with E-state index in [0.717, 1.165) is 32.1 Å². The number of hydrogen-bond acceptors (Lipinski definition) is 5. The van der Waals surface area contributed by atoms with Crippen LogP contribution < -0.4 is 0 Å². The van der Waals surface area contributed by atoms with E-state index < -0.39 is 19.3 Å².